The molecule has 0 spiro atoms. The predicted molar refractivity (Wildman–Crippen MR) is 112 cm³/mol. The number of nitrogens with one attached hydrogen (secondary N) is 1. The number of benzene rings is 2. The van der Waals surface area contributed by atoms with Crippen LogP contribution in [0.3, 0.4) is 0 Å². The molecule has 2 unspecified atom stereocenters. The molecule has 0 saturated carbocycles. The van der Waals surface area contributed by atoms with Gasteiger partial charge in [-0.05, 0) is 48.1 Å². The summed E-state index contributed by atoms with van der Waals surface area (Å²) in [5.74, 6) is -0.246. The molecule has 5 nitrogen and oxygen atoms in total. The fourth-order valence-corrected chi connectivity index (χ4v) is 4.18. The van der Waals surface area contributed by atoms with E-state index in [1.54, 1.807) is 4.90 Å². The van der Waals surface area contributed by atoms with Gasteiger partial charge in [-0.3, -0.25) is 9.59 Å². The Morgan fingerprint density at radius 2 is 1.96 bits per heavy atom. The number of anilines is 1. The van der Waals surface area contributed by atoms with Crippen molar-refractivity contribution in [2.75, 3.05) is 12.3 Å². The van der Waals surface area contributed by atoms with Crippen LogP contribution in [0.2, 0.25) is 0 Å². The van der Waals surface area contributed by atoms with Crippen LogP contribution >= 0.6 is 12.4 Å². The van der Waals surface area contributed by atoms with Crippen LogP contribution in [-0.4, -0.2) is 23.3 Å². The first-order valence-electron chi connectivity index (χ1n) is 9.60. The average Bonchev–Trinajstić information content (AvgIpc) is 3.03. The molecule has 4 rings (SSSR count). The molecule has 1 aliphatic heterocycles. The lowest BCUT2D eigenvalue weighted by atomic mass is 9.87. The number of carbonyl (C=O) groups excluding carboxylic acids is 2. The summed E-state index contributed by atoms with van der Waals surface area (Å²) >= 11 is 0. The van der Waals surface area contributed by atoms with Crippen molar-refractivity contribution in [2.45, 2.75) is 38.3 Å². The van der Waals surface area contributed by atoms with Gasteiger partial charge in [-0.1, -0.05) is 36.4 Å². The minimum atomic E-state index is -0.277. The molecule has 1 heterocycles. The van der Waals surface area contributed by atoms with E-state index in [4.69, 9.17) is 5.73 Å². The highest BCUT2D eigenvalue weighted by atomic mass is 35.5. The van der Waals surface area contributed by atoms with Gasteiger partial charge in [0, 0.05) is 25.2 Å². The Morgan fingerprint density at radius 1 is 1.18 bits per heavy atom. The van der Waals surface area contributed by atoms with Crippen LogP contribution in [0.25, 0.3) is 0 Å². The molecule has 0 bridgehead atoms. The standard InChI is InChI=1S/C22H25N3O2.ClH/c23-18-9-10-19-16(11-18)7-4-8-20(19)24-22(27)17-12-21(26)25(14-17)13-15-5-2-1-3-6-15;/h1-3,5-6,9-11,17,20H,4,7-8,12-14,23H2,(H,24,27);1H. The van der Waals surface area contributed by atoms with Crippen LogP contribution < -0.4 is 11.1 Å². The summed E-state index contributed by atoms with van der Waals surface area (Å²) in [5, 5.41) is 3.18. The number of nitrogens with two attached hydrogens (primary N) is 1. The summed E-state index contributed by atoms with van der Waals surface area (Å²) < 4.78 is 0. The van der Waals surface area contributed by atoms with Crippen molar-refractivity contribution in [1.29, 1.82) is 0 Å². The number of carbonyl (C=O) groups is 2. The Kier molecular flexibility index (Phi) is 6.25. The summed E-state index contributed by atoms with van der Waals surface area (Å²) in [6.45, 7) is 1.05. The summed E-state index contributed by atoms with van der Waals surface area (Å²) in [6, 6.07) is 15.8. The lowest BCUT2D eigenvalue weighted by Crippen LogP contribution is -2.36. The molecule has 1 saturated heterocycles. The molecule has 2 aromatic carbocycles. The second kappa shape index (κ2) is 8.65. The van der Waals surface area contributed by atoms with Gasteiger partial charge in [-0.15, -0.1) is 12.4 Å². The smallest absolute Gasteiger partial charge is 0.225 e. The second-order valence-corrected chi connectivity index (χ2v) is 7.57. The summed E-state index contributed by atoms with van der Waals surface area (Å²) in [5.41, 5.74) is 10.1. The summed E-state index contributed by atoms with van der Waals surface area (Å²) in [7, 11) is 0. The van der Waals surface area contributed by atoms with Crippen molar-refractivity contribution >= 4 is 29.9 Å². The average molecular weight is 400 g/mol. The molecular weight excluding hydrogens is 374 g/mol. The summed E-state index contributed by atoms with van der Waals surface area (Å²) in [4.78, 5) is 27.0. The molecule has 1 aliphatic carbocycles. The number of nitrogens with zero attached hydrogens (tertiary/aromatic N) is 1. The van der Waals surface area contributed by atoms with Gasteiger partial charge < -0.3 is 16.0 Å². The molecule has 2 amide bonds. The first kappa shape index (κ1) is 20.2. The highest BCUT2D eigenvalue weighted by Crippen LogP contribution is 2.32. The van der Waals surface area contributed by atoms with Gasteiger partial charge in [-0.25, -0.2) is 0 Å². The van der Waals surface area contributed by atoms with Gasteiger partial charge in [0.25, 0.3) is 0 Å². The lowest BCUT2D eigenvalue weighted by Gasteiger charge is -2.27. The first-order chi connectivity index (χ1) is 13.1. The van der Waals surface area contributed by atoms with E-state index in [0.717, 1.165) is 36.1 Å². The zero-order valence-corrected chi connectivity index (χ0v) is 16.6. The van der Waals surface area contributed by atoms with Crippen LogP contribution in [0.4, 0.5) is 5.69 Å². The fourth-order valence-electron chi connectivity index (χ4n) is 4.18. The number of amides is 2. The highest BCUT2D eigenvalue weighted by Gasteiger charge is 2.35. The Balaban J connectivity index is 0.00000225. The predicted octanol–water partition coefficient (Wildman–Crippen LogP) is 3.23. The maximum absolute atomic E-state index is 12.8. The number of halogens is 1. The number of likely N-dealkylation sites (tertiary alicyclic amines) is 1. The minimum absolute atomic E-state index is 0. The number of nitrogen functional groups attached to an aromatic ring is 1. The van der Waals surface area contributed by atoms with E-state index >= 15 is 0 Å². The van der Waals surface area contributed by atoms with E-state index in [-0.39, 0.29) is 36.2 Å². The van der Waals surface area contributed by atoms with Crippen molar-refractivity contribution in [1.82, 2.24) is 10.2 Å². The van der Waals surface area contributed by atoms with E-state index in [0.29, 0.717) is 19.5 Å². The van der Waals surface area contributed by atoms with Gasteiger partial charge in [0.1, 0.15) is 0 Å². The Bertz CT molecular complexity index is 856. The Hall–Kier alpha value is -2.53. The van der Waals surface area contributed by atoms with Crippen LogP contribution in [-0.2, 0) is 22.6 Å². The molecule has 0 radical (unpaired) electrons. The molecule has 148 valence electrons. The van der Waals surface area contributed by atoms with E-state index < -0.39 is 0 Å². The lowest BCUT2D eigenvalue weighted by molar-refractivity contribution is -0.129. The van der Waals surface area contributed by atoms with Gasteiger partial charge in [0.05, 0.1) is 12.0 Å². The number of rotatable bonds is 4. The normalized spacial score (nSPS) is 21.0. The maximum atomic E-state index is 12.8. The second-order valence-electron chi connectivity index (χ2n) is 7.57. The molecule has 6 heteroatoms. The first-order valence-corrected chi connectivity index (χ1v) is 9.60. The van der Waals surface area contributed by atoms with Crippen molar-refractivity contribution in [2.24, 2.45) is 5.92 Å². The molecule has 3 N–H and O–H groups in total. The Morgan fingerprint density at radius 3 is 2.75 bits per heavy atom. The fraction of sp³-hybridized carbons (Fsp3) is 0.364. The SMILES string of the molecule is Cl.Nc1ccc2c(c1)CCCC2NC(=O)C1CC(=O)N(Cc2ccccc2)C1. The zero-order valence-electron chi connectivity index (χ0n) is 15.8. The third kappa shape index (κ3) is 4.30. The van der Waals surface area contributed by atoms with Gasteiger partial charge in [0.2, 0.25) is 11.8 Å². The number of aryl methyl sites for hydroxylation is 1. The van der Waals surface area contributed by atoms with E-state index in [2.05, 4.69) is 5.32 Å². The van der Waals surface area contributed by atoms with Crippen molar-refractivity contribution in [3.8, 4) is 0 Å². The molecule has 2 atom stereocenters. The Labute approximate surface area is 171 Å². The monoisotopic (exact) mass is 399 g/mol. The van der Waals surface area contributed by atoms with Crippen molar-refractivity contribution in [3.63, 3.8) is 0 Å². The maximum Gasteiger partial charge on any atom is 0.225 e. The number of hydrogen-bond donors (Lipinski definition) is 2. The zero-order chi connectivity index (χ0) is 18.8. The number of hydrogen-bond acceptors (Lipinski definition) is 3. The van der Waals surface area contributed by atoms with Gasteiger partial charge >= 0.3 is 0 Å². The van der Waals surface area contributed by atoms with Crippen LogP contribution in [0, 0.1) is 5.92 Å². The molecule has 1 fully saturated rings. The topological polar surface area (TPSA) is 75.4 Å². The highest BCUT2D eigenvalue weighted by molar-refractivity contribution is 5.89. The van der Waals surface area contributed by atoms with E-state index in [1.807, 2.05) is 48.5 Å². The van der Waals surface area contributed by atoms with Crippen molar-refractivity contribution in [3.05, 3.63) is 65.2 Å². The van der Waals surface area contributed by atoms with Crippen LogP contribution in [0.5, 0.6) is 0 Å². The van der Waals surface area contributed by atoms with Crippen molar-refractivity contribution < 1.29 is 9.59 Å². The third-order valence-corrected chi connectivity index (χ3v) is 5.60. The quantitative estimate of drug-likeness (QED) is 0.775. The molecule has 2 aliphatic rings. The summed E-state index contributed by atoms with van der Waals surface area (Å²) in [6.07, 6.45) is 3.25. The van der Waals surface area contributed by atoms with Gasteiger partial charge in [-0.2, -0.15) is 0 Å². The number of fused-ring (bicyclic) bond motifs is 1. The van der Waals surface area contributed by atoms with Crippen LogP contribution in [0.15, 0.2) is 48.5 Å². The van der Waals surface area contributed by atoms with Crippen LogP contribution in [0.1, 0.15) is 42.0 Å². The largest absolute Gasteiger partial charge is 0.399 e. The van der Waals surface area contributed by atoms with E-state index in [1.165, 1.54) is 5.56 Å². The molecule has 28 heavy (non-hydrogen) atoms. The van der Waals surface area contributed by atoms with Gasteiger partial charge in [0.15, 0.2) is 0 Å². The van der Waals surface area contributed by atoms with E-state index in [9.17, 15) is 9.59 Å². The molecule has 0 aromatic heterocycles. The molecular formula is C22H26ClN3O2. The minimum Gasteiger partial charge on any atom is -0.399 e. The third-order valence-electron chi connectivity index (χ3n) is 5.60. The molecule has 2 aromatic rings.